The van der Waals surface area contributed by atoms with Crippen LogP contribution >= 0.6 is 0 Å². The van der Waals surface area contributed by atoms with E-state index in [1.165, 1.54) is 0 Å². The van der Waals surface area contributed by atoms with Crippen LogP contribution in [-0.4, -0.2) is 28.7 Å². The van der Waals surface area contributed by atoms with Crippen molar-refractivity contribution in [1.82, 2.24) is 9.97 Å². The van der Waals surface area contributed by atoms with Crippen molar-refractivity contribution >= 4 is 17.9 Å². The summed E-state index contributed by atoms with van der Waals surface area (Å²) in [7, 11) is 0. The van der Waals surface area contributed by atoms with Gasteiger partial charge in [-0.2, -0.15) is 4.98 Å². The summed E-state index contributed by atoms with van der Waals surface area (Å²) >= 11 is 0. The van der Waals surface area contributed by atoms with Crippen molar-refractivity contribution in [2.45, 2.75) is 32.9 Å². The predicted molar refractivity (Wildman–Crippen MR) is 119 cm³/mol. The molecule has 1 saturated heterocycles. The number of rotatable bonds is 7. The summed E-state index contributed by atoms with van der Waals surface area (Å²) in [6, 6.07) is 19.2. The molecule has 2 aromatic carbocycles. The zero-order valence-electron chi connectivity index (χ0n) is 17.9. The average Bonchev–Trinajstić information content (AvgIpc) is 3.16. The van der Waals surface area contributed by atoms with Crippen molar-refractivity contribution in [3.05, 3.63) is 72.4 Å². The zero-order chi connectivity index (χ0) is 21.8. The smallest absolute Gasteiger partial charge is 0.415 e. The van der Waals surface area contributed by atoms with E-state index >= 15 is 0 Å². The van der Waals surface area contributed by atoms with Crippen LogP contribution in [0.4, 0.5) is 16.6 Å². The maximum Gasteiger partial charge on any atom is 0.415 e. The molecule has 31 heavy (non-hydrogen) atoms. The van der Waals surface area contributed by atoms with E-state index in [0.717, 1.165) is 17.1 Å². The molecular formula is C24H26N4O3. The van der Waals surface area contributed by atoms with Gasteiger partial charge in [-0.25, -0.2) is 9.78 Å². The quantitative estimate of drug-likeness (QED) is 0.552. The van der Waals surface area contributed by atoms with E-state index in [1.807, 2.05) is 61.5 Å². The lowest BCUT2D eigenvalue weighted by Gasteiger charge is -2.23. The maximum atomic E-state index is 12.2. The van der Waals surface area contributed by atoms with E-state index in [4.69, 9.17) is 9.47 Å². The fraction of sp³-hybridized carbons (Fsp3) is 0.292. The lowest BCUT2D eigenvalue weighted by Crippen LogP contribution is -2.37. The Bertz CT molecular complexity index is 1040. The molecule has 1 aromatic heterocycles. The summed E-state index contributed by atoms with van der Waals surface area (Å²) in [4.78, 5) is 22.7. The number of benzene rings is 2. The van der Waals surface area contributed by atoms with Crippen molar-refractivity contribution < 1.29 is 14.3 Å². The van der Waals surface area contributed by atoms with Crippen LogP contribution in [0.1, 0.15) is 32.4 Å². The molecule has 3 aromatic rings. The molecule has 7 heteroatoms. The van der Waals surface area contributed by atoms with Gasteiger partial charge in [-0.15, -0.1) is 0 Å². The lowest BCUT2D eigenvalue weighted by molar-refractivity contribution is 0.177. The molecule has 1 amide bonds. The van der Waals surface area contributed by atoms with Crippen LogP contribution in [0.5, 0.6) is 11.5 Å². The molecular weight excluding hydrogens is 392 g/mol. The summed E-state index contributed by atoms with van der Waals surface area (Å²) in [5, 5.41) is 3.32. The normalized spacial score (nSPS) is 16.8. The summed E-state index contributed by atoms with van der Waals surface area (Å²) in [5.74, 6) is 2.78. The van der Waals surface area contributed by atoms with Gasteiger partial charge in [0.2, 0.25) is 5.95 Å². The number of carbonyl (C=O) groups excluding carboxylic acids is 1. The largest absolute Gasteiger partial charge is 0.457 e. The number of nitrogens with zero attached hydrogens (tertiary/aromatic N) is 3. The molecule has 4 rings (SSSR count). The lowest BCUT2D eigenvalue weighted by atomic mass is 10.0. The maximum absolute atomic E-state index is 12.2. The van der Waals surface area contributed by atoms with E-state index in [2.05, 4.69) is 29.1 Å². The Morgan fingerprint density at radius 1 is 1.06 bits per heavy atom. The number of aromatic nitrogens is 2. The van der Waals surface area contributed by atoms with Crippen LogP contribution in [0.2, 0.25) is 0 Å². The number of hydrogen-bond acceptors (Lipinski definition) is 6. The highest BCUT2D eigenvalue weighted by Gasteiger charge is 2.37. The molecule has 1 aliphatic rings. The minimum Gasteiger partial charge on any atom is -0.457 e. The Kier molecular flexibility index (Phi) is 6.02. The topological polar surface area (TPSA) is 76.6 Å². The van der Waals surface area contributed by atoms with E-state index in [-0.39, 0.29) is 24.1 Å². The molecule has 1 fully saturated rings. The Morgan fingerprint density at radius 2 is 1.84 bits per heavy atom. The third-order valence-corrected chi connectivity index (χ3v) is 5.25. The van der Waals surface area contributed by atoms with Gasteiger partial charge >= 0.3 is 6.09 Å². The fourth-order valence-corrected chi connectivity index (χ4v) is 3.49. The van der Waals surface area contributed by atoms with E-state index in [1.54, 1.807) is 17.2 Å². The van der Waals surface area contributed by atoms with Crippen molar-refractivity contribution in [3.8, 4) is 11.5 Å². The first-order valence-corrected chi connectivity index (χ1v) is 10.4. The van der Waals surface area contributed by atoms with E-state index in [0.29, 0.717) is 18.4 Å². The van der Waals surface area contributed by atoms with Gasteiger partial charge in [0, 0.05) is 6.20 Å². The van der Waals surface area contributed by atoms with Crippen LogP contribution in [-0.2, 0) is 4.74 Å². The molecule has 0 aliphatic carbocycles. The van der Waals surface area contributed by atoms with Gasteiger partial charge in [-0.3, -0.25) is 4.90 Å². The molecule has 0 spiro atoms. The molecule has 0 saturated carbocycles. The number of amides is 1. The van der Waals surface area contributed by atoms with Gasteiger partial charge in [0.25, 0.3) is 0 Å². The van der Waals surface area contributed by atoms with Crippen molar-refractivity contribution in [2.75, 3.05) is 16.8 Å². The highest BCUT2D eigenvalue weighted by Crippen LogP contribution is 2.28. The predicted octanol–water partition coefficient (Wildman–Crippen LogP) is 5.42. The van der Waals surface area contributed by atoms with Crippen molar-refractivity contribution in [3.63, 3.8) is 0 Å². The molecule has 1 unspecified atom stereocenters. The van der Waals surface area contributed by atoms with E-state index < -0.39 is 0 Å². The fourth-order valence-electron chi connectivity index (χ4n) is 3.49. The second-order valence-electron chi connectivity index (χ2n) is 7.85. The first-order valence-electron chi connectivity index (χ1n) is 10.4. The number of ether oxygens (including phenoxy) is 2. The molecule has 2 atom stereocenters. The number of carbonyl (C=O) groups is 1. The molecule has 0 bridgehead atoms. The summed E-state index contributed by atoms with van der Waals surface area (Å²) in [6.45, 7) is 6.52. The van der Waals surface area contributed by atoms with Gasteiger partial charge in [-0.1, -0.05) is 44.2 Å². The number of anilines is 2. The molecule has 2 heterocycles. The highest BCUT2D eigenvalue weighted by molar-refractivity contribution is 5.89. The third kappa shape index (κ3) is 4.77. The molecule has 7 nitrogen and oxygen atoms in total. The van der Waals surface area contributed by atoms with Crippen molar-refractivity contribution in [2.24, 2.45) is 5.92 Å². The Morgan fingerprint density at radius 3 is 2.61 bits per heavy atom. The average molecular weight is 418 g/mol. The SMILES string of the molecule is CC(C)C1COC(=O)N1c1ccnc(N[C@@H](C)c2cccc(Oc3ccccc3)c2)n1. The number of cyclic esters (lactones) is 1. The van der Waals surface area contributed by atoms with Crippen molar-refractivity contribution in [1.29, 1.82) is 0 Å². The minimum atomic E-state index is -0.373. The zero-order valence-corrected chi connectivity index (χ0v) is 17.9. The molecule has 0 radical (unpaired) electrons. The van der Waals surface area contributed by atoms with Crippen LogP contribution in [0.15, 0.2) is 66.9 Å². The molecule has 1 aliphatic heterocycles. The van der Waals surface area contributed by atoms with E-state index in [9.17, 15) is 4.79 Å². The second kappa shape index (κ2) is 9.04. The monoisotopic (exact) mass is 418 g/mol. The van der Waals surface area contributed by atoms with Gasteiger partial charge in [-0.05, 0) is 48.7 Å². The number of hydrogen-bond donors (Lipinski definition) is 1. The second-order valence-corrected chi connectivity index (χ2v) is 7.85. The Balaban J connectivity index is 1.49. The van der Waals surface area contributed by atoms with Gasteiger partial charge in [0.05, 0.1) is 12.1 Å². The first kappa shape index (κ1) is 20.7. The summed E-state index contributed by atoms with van der Waals surface area (Å²) < 4.78 is 11.2. The molecule has 1 N–H and O–H groups in total. The molecule has 160 valence electrons. The van der Waals surface area contributed by atoms with Gasteiger partial charge < -0.3 is 14.8 Å². The van der Waals surface area contributed by atoms with Gasteiger partial charge in [0.15, 0.2) is 0 Å². The minimum absolute atomic E-state index is 0.0421. The first-order chi connectivity index (χ1) is 15.0. The summed E-state index contributed by atoms with van der Waals surface area (Å²) in [6.07, 6.45) is 1.28. The summed E-state index contributed by atoms with van der Waals surface area (Å²) in [5.41, 5.74) is 1.03. The Hall–Kier alpha value is -3.61. The number of nitrogens with one attached hydrogen (secondary N) is 1. The van der Waals surface area contributed by atoms with Crippen LogP contribution < -0.4 is 15.0 Å². The standard InChI is InChI=1S/C24H26N4O3/c1-16(2)21-15-30-24(29)28(21)22-12-13-25-23(27-22)26-17(3)18-8-7-11-20(14-18)31-19-9-5-4-6-10-19/h4-14,16-17,21H,15H2,1-3H3,(H,25,26,27)/t17-,21?/m0/s1. The third-order valence-electron chi connectivity index (χ3n) is 5.25. The highest BCUT2D eigenvalue weighted by atomic mass is 16.6. The van der Waals surface area contributed by atoms with Crippen LogP contribution in [0, 0.1) is 5.92 Å². The number of para-hydroxylation sites is 1. The van der Waals surface area contributed by atoms with Crippen LogP contribution in [0.25, 0.3) is 0 Å². The van der Waals surface area contributed by atoms with Crippen LogP contribution in [0.3, 0.4) is 0 Å². The Labute approximate surface area is 182 Å². The van der Waals surface area contributed by atoms with Gasteiger partial charge in [0.1, 0.15) is 23.9 Å².